The molecule has 2 rings (SSSR count). The Labute approximate surface area is 228 Å². The van der Waals surface area contributed by atoms with Crippen molar-refractivity contribution in [1.82, 2.24) is 10.6 Å². The number of aromatic hydroxyl groups is 1. The Hall–Kier alpha value is -3.17. The van der Waals surface area contributed by atoms with E-state index >= 15 is 0 Å². The minimum absolute atomic E-state index is 0.128. The van der Waals surface area contributed by atoms with E-state index in [1.165, 1.54) is 12.8 Å². The standard InChI is InChI=1S/C29H42F2N2O6/c1-2-3-4-13-17-33-29(37)38-18-15-12-10-8-6-5-7-9-11-14-16-32-27(35)22-19-21-20-23(30)25(34)24(31)26(21)39-28(22)36/h19-20,34H,2-18H2,1H3,(H,32,35)(H,33,37). The van der Waals surface area contributed by atoms with Gasteiger partial charge in [0, 0.05) is 18.5 Å². The van der Waals surface area contributed by atoms with Gasteiger partial charge in [-0.05, 0) is 31.4 Å². The molecule has 1 aromatic carbocycles. The van der Waals surface area contributed by atoms with Crippen LogP contribution in [0, 0.1) is 11.6 Å². The maximum Gasteiger partial charge on any atom is 0.407 e. The van der Waals surface area contributed by atoms with Crippen molar-refractivity contribution >= 4 is 23.0 Å². The fourth-order valence-corrected chi connectivity index (χ4v) is 4.24. The molecule has 0 fully saturated rings. The third-order valence-corrected chi connectivity index (χ3v) is 6.53. The number of phenols is 1. The van der Waals surface area contributed by atoms with Gasteiger partial charge in [-0.15, -0.1) is 0 Å². The summed E-state index contributed by atoms with van der Waals surface area (Å²) in [6.07, 6.45) is 14.5. The van der Waals surface area contributed by atoms with Crippen molar-refractivity contribution in [2.24, 2.45) is 0 Å². The average molecular weight is 553 g/mol. The summed E-state index contributed by atoms with van der Waals surface area (Å²) >= 11 is 0. The van der Waals surface area contributed by atoms with Gasteiger partial charge >= 0.3 is 11.7 Å². The minimum atomic E-state index is -1.38. The van der Waals surface area contributed by atoms with E-state index in [4.69, 9.17) is 9.15 Å². The van der Waals surface area contributed by atoms with Crippen LogP contribution in [0.1, 0.15) is 107 Å². The number of amides is 2. The molecular formula is C29H42F2N2O6. The van der Waals surface area contributed by atoms with Gasteiger partial charge in [0.05, 0.1) is 6.61 Å². The topological polar surface area (TPSA) is 118 Å². The SMILES string of the molecule is CCCCCCNC(=O)OCCCCCCCCCCCCNC(=O)c1cc2cc(F)c(O)c(F)c2oc1=O. The molecule has 8 nitrogen and oxygen atoms in total. The van der Waals surface area contributed by atoms with Crippen LogP contribution in [0.15, 0.2) is 21.3 Å². The molecule has 39 heavy (non-hydrogen) atoms. The molecule has 1 heterocycles. The third-order valence-electron chi connectivity index (χ3n) is 6.53. The molecule has 0 atom stereocenters. The highest BCUT2D eigenvalue weighted by atomic mass is 19.1. The lowest BCUT2D eigenvalue weighted by atomic mass is 10.1. The van der Waals surface area contributed by atoms with Crippen LogP contribution in [0.2, 0.25) is 0 Å². The molecular weight excluding hydrogens is 510 g/mol. The molecule has 0 spiro atoms. The number of carbonyl (C=O) groups is 2. The van der Waals surface area contributed by atoms with Crippen LogP contribution in [-0.4, -0.2) is 36.8 Å². The Morgan fingerprint density at radius 2 is 1.41 bits per heavy atom. The number of halogens is 2. The number of fused-ring (bicyclic) bond motifs is 1. The first-order valence-corrected chi connectivity index (χ1v) is 14.2. The maximum absolute atomic E-state index is 13.9. The number of hydrogen-bond acceptors (Lipinski definition) is 6. The second-order valence-electron chi connectivity index (χ2n) is 9.80. The Balaban J connectivity index is 1.46. The van der Waals surface area contributed by atoms with E-state index < -0.39 is 34.5 Å². The van der Waals surface area contributed by atoms with Crippen molar-refractivity contribution in [2.75, 3.05) is 19.7 Å². The van der Waals surface area contributed by atoms with Crippen molar-refractivity contribution < 1.29 is 32.6 Å². The largest absolute Gasteiger partial charge is 0.503 e. The molecule has 2 amide bonds. The highest BCUT2D eigenvalue weighted by Gasteiger charge is 2.19. The van der Waals surface area contributed by atoms with E-state index in [-0.39, 0.29) is 17.0 Å². The zero-order valence-corrected chi connectivity index (χ0v) is 22.9. The lowest BCUT2D eigenvalue weighted by Crippen LogP contribution is -2.29. The molecule has 218 valence electrons. The van der Waals surface area contributed by atoms with Crippen molar-refractivity contribution in [3.63, 3.8) is 0 Å². The van der Waals surface area contributed by atoms with Gasteiger partial charge < -0.3 is 24.9 Å². The van der Waals surface area contributed by atoms with Crippen molar-refractivity contribution in [1.29, 1.82) is 0 Å². The predicted octanol–water partition coefficient (Wildman–Crippen LogP) is 6.71. The Morgan fingerprint density at radius 1 is 0.846 bits per heavy atom. The van der Waals surface area contributed by atoms with E-state index in [1.54, 1.807) is 0 Å². The van der Waals surface area contributed by atoms with Gasteiger partial charge in [0.2, 0.25) is 5.82 Å². The van der Waals surface area contributed by atoms with Crippen molar-refractivity contribution in [2.45, 2.75) is 96.8 Å². The number of unbranched alkanes of at least 4 members (excludes halogenated alkanes) is 12. The van der Waals surface area contributed by atoms with Crippen LogP contribution in [0.4, 0.5) is 13.6 Å². The van der Waals surface area contributed by atoms with Crippen molar-refractivity contribution in [3.05, 3.63) is 39.8 Å². The summed E-state index contributed by atoms with van der Waals surface area (Å²) in [4.78, 5) is 35.9. The summed E-state index contributed by atoms with van der Waals surface area (Å²) in [7, 11) is 0. The van der Waals surface area contributed by atoms with Gasteiger partial charge in [-0.3, -0.25) is 4.79 Å². The zero-order valence-electron chi connectivity index (χ0n) is 22.9. The summed E-state index contributed by atoms with van der Waals surface area (Å²) in [5.74, 6) is -4.50. The monoisotopic (exact) mass is 552 g/mol. The molecule has 1 aromatic heterocycles. The summed E-state index contributed by atoms with van der Waals surface area (Å²) in [5, 5.41) is 14.6. The van der Waals surface area contributed by atoms with Gasteiger partial charge in [0.1, 0.15) is 5.56 Å². The molecule has 10 heteroatoms. The zero-order chi connectivity index (χ0) is 28.5. The van der Waals surface area contributed by atoms with Crippen LogP contribution in [0.25, 0.3) is 11.0 Å². The lowest BCUT2D eigenvalue weighted by molar-refractivity contribution is 0.0949. The van der Waals surface area contributed by atoms with Crippen LogP contribution in [-0.2, 0) is 4.74 Å². The number of phenolic OH excluding ortho intramolecular Hbond substituents is 1. The number of carbonyl (C=O) groups excluding carboxylic acids is 2. The quantitative estimate of drug-likeness (QED) is 0.132. The van der Waals surface area contributed by atoms with Gasteiger partial charge in [0.25, 0.3) is 5.91 Å². The first-order valence-electron chi connectivity index (χ1n) is 14.2. The minimum Gasteiger partial charge on any atom is -0.503 e. The van der Waals surface area contributed by atoms with Gasteiger partial charge in [-0.2, -0.15) is 4.39 Å². The summed E-state index contributed by atoms with van der Waals surface area (Å²) in [5.41, 5.74) is -2.01. The molecule has 0 bridgehead atoms. The normalized spacial score (nSPS) is 11.1. The first kappa shape index (κ1) is 32.0. The Bertz CT molecular complexity index is 1110. The number of alkyl carbamates (subject to hydrolysis) is 1. The Kier molecular flexibility index (Phi) is 14.9. The predicted molar refractivity (Wildman–Crippen MR) is 146 cm³/mol. The number of ether oxygens (including phenoxy) is 1. The number of nitrogens with one attached hydrogen (secondary N) is 2. The van der Waals surface area contributed by atoms with E-state index in [1.807, 2.05) is 0 Å². The molecule has 0 aliphatic carbocycles. The van der Waals surface area contributed by atoms with Crippen LogP contribution in [0.3, 0.4) is 0 Å². The summed E-state index contributed by atoms with van der Waals surface area (Å²) < 4.78 is 37.4. The molecule has 2 aromatic rings. The molecule has 0 aliphatic rings. The molecule has 0 saturated carbocycles. The fraction of sp³-hybridized carbons (Fsp3) is 0.621. The van der Waals surface area contributed by atoms with E-state index in [2.05, 4.69) is 17.6 Å². The Morgan fingerprint density at radius 3 is 2.05 bits per heavy atom. The molecule has 0 saturated heterocycles. The second-order valence-corrected chi connectivity index (χ2v) is 9.80. The van der Waals surface area contributed by atoms with E-state index in [0.717, 1.165) is 89.2 Å². The molecule has 0 unspecified atom stereocenters. The van der Waals surface area contributed by atoms with Crippen LogP contribution < -0.4 is 16.3 Å². The number of benzene rings is 1. The summed E-state index contributed by atoms with van der Waals surface area (Å²) in [6.45, 7) is 3.67. The van der Waals surface area contributed by atoms with Crippen molar-refractivity contribution in [3.8, 4) is 5.75 Å². The summed E-state index contributed by atoms with van der Waals surface area (Å²) in [6, 6.07) is 1.86. The highest BCUT2D eigenvalue weighted by Crippen LogP contribution is 2.28. The van der Waals surface area contributed by atoms with E-state index in [0.29, 0.717) is 19.7 Å². The molecule has 0 radical (unpaired) electrons. The van der Waals surface area contributed by atoms with Crippen LogP contribution in [0.5, 0.6) is 5.75 Å². The molecule has 0 aliphatic heterocycles. The van der Waals surface area contributed by atoms with Crippen LogP contribution >= 0.6 is 0 Å². The lowest BCUT2D eigenvalue weighted by Gasteiger charge is -2.07. The smallest absolute Gasteiger partial charge is 0.407 e. The maximum atomic E-state index is 13.9. The molecule has 3 N–H and O–H groups in total. The van der Waals surface area contributed by atoms with Gasteiger partial charge in [0.15, 0.2) is 17.1 Å². The fourth-order valence-electron chi connectivity index (χ4n) is 4.24. The number of hydrogen-bond donors (Lipinski definition) is 3. The van der Waals surface area contributed by atoms with Gasteiger partial charge in [-0.1, -0.05) is 77.6 Å². The van der Waals surface area contributed by atoms with E-state index in [9.17, 15) is 28.3 Å². The average Bonchev–Trinajstić information content (AvgIpc) is 2.92. The second kappa shape index (κ2) is 18.2. The van der Waals surface area contributed by atoms with Gasteiger partial charge in [-0.25, -0.2) is 14.0 Å². The number of rotatable bonds is 19. The third kappa shape index (κ3) is 11.6. The highest BCUT2D eigenvalue weighted by molar-refractivity contribution is 5.96. The first-order chi connectivity index (χ1) is 18.8.